The molecular weight excluding hydrogens is 344 g/mol. The van der Waals surface area contributed by atoms with Crippen LogP contribution in [-0.2, 0) is 4.79 Å². The van der Waals surface area contributed by atoms with E-state index in [9.17, 15) is 9.90 Å². The fourth-order valence-electron chi connectivity index (χ4n) is 3.76. The second-order valence-corrected chi connectivity index (χ2v) is 7.95. The number of ether oxygens (including phenoxy) is 2. The molecule has 0 bridgehead atoms. The van der Waals surface area contributed by atoms with Gasteiger partial charge in [0.1, 0.15) is 0 Å². The second-order valence-electron chi connectivity index (χ2n) is 7.95. The molecule has 0 saturated carbocycles. The highest BCUT2D eigenvalue weighted by atomic mass is 16.5. The summed E-state index contributed by atoms with van der Waals surface area (Å²) in [6, 6.07) is 5.89. The molecule has 0 aromatic heterocycles. The molecule has 1 saturated heterocycles. The minimum atomic E-state index is -0.0652. The topological polar surface area (TPSA) is 71.0 Å². The lowest BCUT2D eigenvalue weighted by atomic mass is 9.95. The van der Waals surface area contributed by atoms with E-state index in [4.69, 9.17) is 9.47 Å². The first-order valence-electron chi connectivity index (χ1n) is 10.1. The Balaban J connectivity index is 1.62. The maximum Gasteiger partial charge on any atom is 0.234 e. The van der Waals surface area contributed by atoms with E-state index in [0.717, 1.165) is 49.4 Å². The van der Waals surface area contributed by atoms with Crippen molar-refractivity contribution >= 4 is 5.91 Å². The van der Waals surface area contributed by atoms with Gasteiger partial charge in [0.25, 0.3) is 0 Å². The van der Waals surface area contributed by atoms with Gasteiger partial charge in [0.2, 0.25) is 5.91 Å². The van der Waals surface area contributed by atoms with Gasteiger partial charge in [-0.05, 0) is 55.5 Å². The zero-order valence-corrected chi connectivity index (χ0v) is 16.4. The molecule has 1 aromatic carbocycles. The van der Waals surface area contributed by atoms with Crippen molar-refractivity contribution in [1.29, 1.82) is 0 Å². The minimum absolute atomic E-state index is 0.0447. The van der Waals surface area contributed by atoms with E-state index in [1.807, 2.05) is 18.2 Å². The Bertz CT molecular complexity index is 627. The number of aliphatic hydroxyl groups is 1. The molecule has 0 unspecified atom stereocenters. The Labute approximate surface area is 161 Å². The number of likely N-dealkylation sites (tertiary alicyclic amines) is 1. The molecular formula is C21H32N2O4. The number of aliphatic hydroxyl groups excluding tert-OH is 1. The smallest absolute Gasteiger partial charge is 0.234 e. The van der Waals surface area contributed by atoms with Gasteiger partial charge in [0.05, 0.1) is 25.8 Å². The van der Waals surface area contributed by atoms with E-state index in [2.05, 4.69) is 24.1 Å². The Morgan fingerprint density at radius 2 is 1.93 bits per heavy atom. The molecule has 2 aliphatic rings. The van der Waals surface area contributed by atoms with Crippen LogP contribution < -0.4 is 14.8 Å². The van der Waals surface area contributed by atoms with Crippen molar-refractivity contribution in [3.05, 3.63) is 23.8 Å². The number of hydrogen-bond donors (Lipinski definition) is 2. The average molecular weight is 376 g/mol. The van der Waals surface area contributed by atoms with E-state index >= 15 is 0 Å². The maximum absolute atomic E-state index is 12.6. The van der Waals surface area contributed by atoms with Crippen LogP contribution >= 0.6 is 0 Å². The van der Waals surface area contributed by atoms with Crippen LogP contribution in [0.1, 0.15) is 44.7 Å². The summed E-state index contributed by atoms with van der Waals surface area (Å²) in [6.07, 6.45) is 2.79. The molecule has 1 aromatic rings. The highest BCUT2D eigenvalue weighted by Crippen LogP contribution is 2.34. The molecule has 2 N–H and O–H groups in total. The lowest BCUT2D eigenvalue weighted by molar-refractivity contribution is -0.123. The van der Waals surface area contributed by atoms with Crippen LogP contribution in [0.3, 0.4) is 0 Å². The van der Waals surface area contributed by atoms with E-state index in [0.29, 0.717) is 25.7 Å². The van der Waals surface area contributed by atoms with Gasteiger partial charge in [-0.25, -0.2) is 0 Å². The Morgan fingerprint density at radius 1 is 1.22 bits per heavy atom. The summed E-state index contributed by atoms with van der Waals surface area (Å²) in [5.41, 5.74) is 1.04. The van der Waals surface area contributed by atoms with Crippen molar-refractivity contribution in [1.82, 2.24) is 10.2 Å². The predicted octanol–water partition coefficient (Wildman–Crippen LogP) is 2.37. The summed E-state index contributed by atoms with van der Waals surface area (Å²) in [6.45, 7) is 7.94. The molecule has 6 nitrogen and oxygen atoms in total. The van der Waals surface area contributed by atoms with Crippen molar-refractivity contribution in [2.24, 2.45) is 11.8 Å². The van der Waals surface area contributed by atoms with Crippen molar-refractivity contribution in [2.75, 3.05) is 39.5 Å². The van der Waals surface area contributed by atoms with Crippen molar-refractivity contribution in [3.8, 4) is 11.5 Å². The van der Waals surface area contributed by atoms with Crippen LogP contribution in [0, 0.1) is 11.8 Å². The van der Waals surface area contributed by atoms with Crippen molar-refractivity contribution < 1.29 is 19.4 Å². The molecule has 0 aliphatic carbocycles. The molecule has 6 heteroatoms. The summed E-state index contributed by atoms with van der Waals surface area (Å²) < 4.78 is 11.5. The van der Waals surface area contributed by atoms with Gasteiger partial charge >= 0.3 is 0 Å². The summed E-state index contributed by atoms with van der Waals surface area (Å²) >= 11 is 0. The number of amides is 1. The Hall–Kier alpha value is -1.79. The van der Waals surface area contributed by atoms with Gasteiger partial charge < -0.3 is 19.9 Å². The second kappa shape index (κ2) is 9.42. The average Bonchev–Trinajstić information content (AvgIpc) is 2.91. The number of piperidine rings is 1. The number of nitrogens with one attached hydrogen (secondary N) is 1. The van der Waals surface area contributed by atoms with Gasteiger partial charge in [-0.15, -0.1) is 0 Å². The highest BCUT2D eigenvalue weighted by molar-refractivity contribution is 5.78. The van der Waals surface area contributed by atoms with Crippen molar-refractivity contribution in [3.63, 3.8) is 0 Å². The molecule has 1 atom stereocenters. The molecule has 0 radical (unpaired) electrons. The van der Waals surface area contributed by atoms with E-state index < -0.39 is 0 Å². The number of carbonyl (C=O) groups is 1. The first kappa shape index (κ1) is 20.0. The zero-order valence-electron chi connectivity index (χ0n) is 16.4. The summed E-state index contributed by atoms with van der Waals surface area (Å²) in [7, 11) is 0. The molecule has 3 rings (SSSR count). The predicted molar refractivity (Wildman–Crippen MR) is 104 cm³/mol. The lowest BCUT2D eigenvalue weighted by Crippen LogP contribution is -2.43. The van der Waals surface area contributed by atoms with E-state index in [1.54, 1.807) is 0 Å². The third-order valence-electron chi connectivity index (χ3n) is 5.45. The molecule has 1 fully saturated rings. The SMILES string of the molecule is CC(C)[C@H](NC(=O)CN1CCC(CO)CC1)c1ccc2c(c1)OCCCO2. The summed E-state index contributed by atoms with van der Waals surface area (Å²) in [5, 5.41) is 12.5. The normalized spacial score (nSPS) is 19.6. The molecule has 27 heavy (non-hydrogen) atoms. The van der Waals surface area contributed by atoms with E-state index in [1.165, 1.54) is 0 Å². The summed E-state index contributed by atoms with van der Waals surface area (Å²) in [4.78, 5) is 14.8. The van der Waals surface area contributed by atoms with Crippen LogP contribution in [0.4, 0.5) is 0 Å². The van der Waals surface area contributed by atoms with Crippen LogP contribution in [0.15, 0.2) is 18.2 Å². The minimum Gasteiger partial charge on any atom is -0.490 e. The summed E-state index contributed by atoms with van der Waals surface area (Å²) in [5.74, 6) is 2.23. The number of nitrogens with zero attached hydrogens (tertiary/aromatic N) is 1. The first-order valence-corrected chi connectivity index (χ1v) is 10.1. The maximum atomic E-state index is 12.6. The van der Waals surface area contributed by atoms with Gasteiger partial charge in [-0.1, -0.05) is 19.9 Å². The quantitative estimate of drug-likeness (QED) is 0.798. The van der Waals surface area contributed by atoms with E-state index in [-0.39, 0.29) is 24.5 Å². The van der Waals surface area contributed by atoms with Gasteiger partial charge in [-0.2, -0.15) is 0 Å². The Morgan fingerprint density at radius 3 is 2.59 bits per heavy atom. The fraction of sp³-hybridized carbons (Fsp3) is 0.667. The lowest BCUT2D eigenvalue weighted by Gasteiger charge is -2.31. The molecule has 1 amide bonds. The van der Waals surface area contributed by atoms with Gasteiger partial charge in [0, 0.05) is 13.0 Å². The van der Waals surface area contributed by atoms with Crippen LogP contribution in [0.25, 0.3) is 0 Å². The highest BCUT2D eigenvalue weighted by Gasteiger charge is 2.24. The molecule has 150 valence electrons. The standard InChI is InChI=1S/C21H32N2O4/c1-15(2)21(17-4-5-18-19(12-17)27-11-3-10-26-18)22-20(25)13-23-8-6-16(14-24)7-9-23/h4-5,12,15-16,21,24H,3,6-11,13-14H2,1-2H3,(H,22,25)/t21-/m0/s1. The molecule has 2 heterocycles. The third-order valence-corrected chi connectivity index (χ3v) is 5.45. The zero-order chi connectivity index (χ0) is 19.2. The van der Waals surface area contributed by atoms with Gasteiger partial charge in [0.15, 0.2) is 11.5 Å². The van der Waals surface area contributed by atoms with Crippen LogP contribution in [0.2, 0.25) is 0 Å². The Kier molecular flexibility index (Phi) is 6.96. The van der Waals surface area contributed by atoms with Crippen molar-refractivity contribution in [2.45, 2.75) is 39.2 Å². The monoisotopic (exact) mass is 376 g/mol. The van der Waals surface area contributed by atoms with Crippen LogP contribution in [-0.4, -0.2) is 55.4 Å². The molecule has 2 aliphatic heterocycles. The van der Waals surface area contributed by atoms with Crippen LogP contribution in [0.5, 0.6) is 11.5 Å². The number of benzene rings is 1. The largest absolute Gasteiger partial charge is 0.490 e. The number of carbonyl (C=O) groups excluding carboxylic acids is 1. The van der Waals surface area contributed by atoms with Gasteiger partial charge in [-0.3, -0.25) is 9.69 Å². The molecule has 0 spiro atoms. The number of hydrogen-bond acceptors (Lipinski definition) is 5. The first-order chi connectivity index (χ1) is 13.1. The fourth-order valence-corrected chi connectivity index (χ4v) is 3.76. The number of rotatable bonds is 6. The third kappa shape index (κ3) is 5.36. The number of fused-ring (bicyclic) bond motifs is 1.